The number of nitrogens with zero attached hydrogens (tertiary/aromatic N) is 2. The molecule has 1 aliphatic rings. The van der Waals surface area contributed by atoms with E-state index >= 15 is 0 Å². The Hall–Kier alpha value is -2.18. The average Bonchev–Trinajstić information content (AvgIpc) is 2.60. The van der Waals surface area contributed by atoms with E-state index in [9.17, 15) is 4.79 Å². The van der Waals surface area contributed by atoms with Crippen molar-refractivity contribution in [1.82, 2.24) is 10.3 Å². The molecule has 29 heavy (non-hydrogen) atoms. The zero-order valence-electron chi connectivity index (χ0n) is 16.8. The van der Waals surface area contributed by atoms with Crippen molar-refractivity contribution in [3.8, 4) is 11.1 Å². The topological polar surface area (TPSA) is 80.5 Å². The predicted molar refractivity (Wildman–Crippen MR) is 119 cm³/mol. The van der Waals surface area contributed by atoms with Crippen molar-refractivity contribution in [1.29, 1.82) is 0 Å². The third-order valence-electron chi connectivity index (χ3n) is 4.65. The fourth-order valence-electron chi connectivity index (χ4n) is 3.47. The van der Waals surface area contributed by atoms with E-state index < -0.39 is 5.60 Å². The summed E-state index contributed by atoms with van der Waals surface area (Å²) in [5, 5.41) is 4.07. The van der Waals surface area contributed by atoms with Gasteiger partial charge in [-0.15, -0.1) is 0 Å². The minimum Gasteiger partial charge on any atom is -0.444 e. The molecule has 156 valence electrons. The lowest BCUT2D eigenvalue weighted by atomic mass is 10.00. The fourth-order valence-corrected chi connectivity index (χ4v) is 3.99. The first-order valence-electron chi connectivity index (χ1n) is 9.57. The molecule has 2 aromatic rings. The highest BCUT2D eigenvalue weighted by Crippen LogP contribution is 2.38. The molecule has 0 radical (unpaired) electrons. The van der Waals surface area contributed by atoms with Crippen LogP contribution in [-0.2, 0) is 4.74 Å². The number of nitrogen functional groups attached to an aromatic ring is 1. The Kier molecular flexibility index (Phi) is 6.44. The van der Waals surface area contributed by atoms with Crippen LogP contribution in [0.3, 0.4) is 0 Å². The third-order valence-corrected chi connectivity index (χ3v) is 5.09. The van der Waals surface area contributed by atoms with E-state index in [1.54, 1.807) is 18.5 Å². The van der Waals surface area contributed by atoms with Gasteiger partial charge in [-0.25, -0.2) is 4.79 Å². The minimum absolute atomic E-state index is 0.0632. The van der Waals surface area contributed by atoms with Crippen molar-refractivity contribution in [2.45, 2.75) is 45.3 Å². The number of piperidine rings is 1. The number of carbonyl (C=O) groups is 1. The molecule has 2 heterocycles. The zero-order chi connectivity index (χ0) is 21.2. The van der Waals surface area contributed by atoms with Gasteiger partial charge in [0.2, 0.25) is 0 Å². The maximum absolute atomic E-state index is 12.0. The van der Waals surface area contributed by atoms with Gasteiger partial charge >= 0.3 is 6.09 Å². The van der Waals surface area contributed by atoms with Crippen molar-refractivity contribution < 1.29 is 9.53 Å². The molecule has 1 aliphatic heterocycles. The van der Waals surface area contributed by atoms with Gasteiger partial charge in [-0.1, -0.05) is 23.2 Å². The Bertz CT molecular complexity index is 870. The Labute approximate surface area is 181 Å². The molecule has 8 heteroatoms. The smallest absolute Gasteiger partial charge is 0.407 e. The molecular weight excluding hydrogens is 411 g/mol. The lowest BCUT2D eigenvalue weighted by Gasteiger charge is -2.35. The highest BCUT2D eigenvalue weighted by Gasteiger charge is 2.26. The molecule has 6 nitrogen and oxygen atoms in total. The van der Waals surface area contributed by atoms with Gasteiger partial charge in [-0.05, 0) is 57.4 Å². The standard InChI is InChI=1S/C21H26Cl2N4O2/c1-21(2,3)29-20(28)26-16-4-6-27(7-5-16)19-17(11-25-12-18(19)24)13-8-14(22)10-15(23)9-13/h8-12,16H,4-7,24H2,1-3H3,(H,26,28). The van der Waals surface area contributed by atoms with Crippen molar-refractivity contribution in [3.05, 3.63) is 40.6 Å². The monoisotopic (exact) mass is 436 g/mol. The average molecular weight is 437 g/mol. The molecule has 1 saturated heterocycles. The number of amides is 1. The molecule has 1 aromatic heterocycles. The zero-order valence-corrected chi connectivity index (χ0v) is 18.3. The molecule has 3 N–H and O–H groups in total. The van der Waals surface area contributed by atoms with Gasteiger partial charge in [-0.2, -0.15) is 0 Å². The number of carbonyl (C=O) groups excluding carboxylic acids is 1. The van der Waals surface area contributed by atoms with E-state index in [-0.39, 0.29) is 12.1 Å². The van der Waals surface area contributed by atoms with Gasteiger partial charge in [0, 0.05) is 40.9 Å². The van der Waals surface area contributed by atoms with Gasteiger partial charge in [0.1, 0.15) is 5.60 Å². The molecular formula is C21H26Cl2N4O2. The van der Waals surface area contributed by atoms with E-state index in [1.807, 2.05) is 32.9 Å². The van der Waals surface area contributed by atoms with Gasteiger partial charge in [0.25, 0.3) is 0 Å². The molecule has 1 amide bonds. The number of aromatic nitrogens is 1. The number of nitrogens with two attached hydrogens (primary N) is 1. The number of pyridine rings is 1. The first kappa shape index (κ1) is 21.5. The largest absolute Gasteiger partial charge is 0.444 e. The Morgan fingerprint density at radius 1 is 1.17 bits per heavy atom. The Morgan fingerprint density at radius 3 is 2.38 bits per heavy atom. The van der Waals surface area contributed by atoms with Gasteiger partial charge < -0.3 is 20.7 Å². The minimum atomic E-state index is -0.511. The summed E-state index contributed by atoms with van der Waals surface area (Å²) >= 11 is 12.4. The van der Waals surface area contributed by atoms with E-state index in [1.165, 1.54) is 0 Å². The maximum atomic E-state index is 12.0. The number of hydrogen-bond acceptors (Lipinski definition) is 5. The lowest BCUT2D eigenvalue weighted by Crippen LogP contribution is -2.46. The van der Waals surface area contributed by atoms with E-state index in [4.69, 9.17) is 33.7 Å². The number of halogens is 2. The van der Waals surface area contributed by atoms with Crippen LogP contribution in [0.25, 0.3) is 11.1 Å². The van der Waals surface area contributed by atoms with Crippen LogP contribution in [-0.4, -0.2) is 35.8 Å². The summed E-state index contributed by atoms with van der Waals surface area (Å²) < 4.78 is 5.35. The van der Waals surface area contributed by atoms with Crippen LogP contribution >= 0.6 is 23.2 Å². The van der Waals surface area contributed by atoms with Crippen molar-refractivity contribution >= 4 is 40.7 Å². The molecule has 1 fully saturated rings. The molecule has 0 atom stereocenters. The fraction of sp³-hybridized carbons (Fsp3) is 0.429. The molecule has 3 rings (SSSR count). The summed E-state index contributed by atoms with van der Waals surface area (Å²) in [5.74, 6) is 0. The van der Waals surface area contributed by atoms with Crippen molar-refractivity contribution in [2.24, 2.45) is 0 Å². The van der Waals surface area contributed by atoms with E-state index in [0.29, 0.717) is 15.7 Å². The van der Waals surface area contributed by atoms with Crippen LogP contribution in [0.1, 0.15) is 33.6 Å². The quantitative estimate of drug-likeness (QED) is 0.696. The number of rotatable bonds is 3. The van der Waals surface area contributed by atoms with Crippen molar-refractivity contribution in [2.75, 3.05) is 23.7 Å². The molecule has 0 bridgehead atoms. The highest BCUT2D eigenvalue weighted by atomic mass is 35.5. The van der Waals surface area contributed by atoms with Crippen LogP contribution in [0.4, 0.5) is 16.2 Å². The lowest BCUT2D eigenvalue weighted by molar-refractivity contribution is 0.0497. The van der Waals surface area contributed by atoms with Crippen LogP contribution < -0.4 is 16.0 Å². The number of ether oxygens (including phenoxy) is 1. The van der Waals surface area contributed by atoms with Crippen LogP contribution in [0.15, 0.2) is 30.6 Å². The molecule has 0 saturated carbocycles. The third kappa shape index (κ3) is 5.67. The highest BCUT2D eigenvalue weighted by molar-refractivity contribution is 6.35. The van der Waals surface area contributed by atoms with Crippen molar-refractivity contribution in [3.63, 3.8) is 0 Å². The second-order valence-electron chi connectivity index (χ2n) is 8.19. The predicted octanol–water partition coefficient (Wildman–Crippen LogP) is 5.13. The first-order valence-corrected chi connectivity index (χ1v) is 10.3. The van der Waals surface area contributed by atoms with Crippen LogP contribution in [0.5, 0.6) is 0 Å². The van der Waals surface area contributed by atoms with Gasteiger partial charge in [0.15, 0.2) is 0 Å². The normalized spacial score (nSPS) is 15.3. The number of benzene rings is 1. The molecule has 1 aromatic carbocycles. The Morgan fingerprint density at radius 2 is 1.79 bits per heavy atom. The van der Waals surface area contributed by atoms with Crippen LogP contribution in [0.2, 0.25) is 10.0 Å². The second-order valence-corrected chi connectivity index (χ2v) is 9.06. The number of alkyl carbamates (subject to hydrolysis) is 1. The van der Waals surface area contributed by atoms with E-state index in [0.717, 1.165) is 42.7 Å². The van der Waals surface area contributed by atoms with Crippen LogP contribution in [0, 0.1) is 0 Å². The molecule has 0 unspecified atom stereocenters. The second kappa shape index (κ2) is 8.67. The molecule has 0 spiro atoms. The number of nitrogens with one attached hydrogen (secondary N) is 1. The summed E-state index contributed by atoms with van der Waals surface area (Å²) in [7, 11) is 0. The SMILES string of the molecule is CC(C)(C)OC(=O)NC1CCN(c2c(N)cncc2-c2cc(Cl)cc(Cl)c2)CC1. The Balaban J connectivity index is 1.75. The summed E-state index contributed by atoms with van der Waals surface area (Å²) in [5.41, 5.74) is 9.04. The summed E-state index contributed by atoms with van der Waals surface area (Å²) in [6.07, 6.45) is 4.62. The number of anilines is 2. The summed E-state index contributed by atoms with van der Waals surface area (Å²) in [6.45, 7) is 7.05. The van der Waals surface area contributed by atoms with E-state index in [2.05, 4.69) is 15.2 Å². The van der Waals surface area contributed by atoms with Gasteiger partial charge in [-0.3, -0.25) is 4.98 Å². The summed E-state index contributed by atoms with van der Waals surface area (Å²) in [4.78, 5) is 18.5. The first-order chi connectivity index (χ1) is 13.6. The summed E-state index contributed by atoms with van der Waals surface area (Å²) in [6, 6.07) is 5.46. The molecule has 0 aliphatic carbocycles. The number of hydrogen-bond donors (Lipinski definition) is 2. The maximum Gasteiger partial charge on any atom is 0.407 e. The van der Waals surface area contributed by atoms with Gasteiger partial charge in [0.05, 0.1) is 17.6 Å².